The van der Waals surface area contributed by atoms with Crippen molar-refractivity contribution in [2.45, 2.75) is 50.8 Å². The molecular formula is C29H29ClF3N5O4. The first-order valence-corrected chi connectivity index (χ1v) is 14.0. The number of anilines is 3. The zero-order chi connectivity index (χ0) is 29.6. The number of rotatable bonds is 5. The molecule has 3 aliphatic heterocycles. The lowest BCUT2D eigenvalue weighted by atomic mass is 9.99. The molecule has 9 nitrogen and oxygen atoms in total. The molecule has 2 atom stereocenters. The summed E-state index contributed by atoms with van der Waals surface area (Å²) in [5.74, 6) is 0.430. The summed E-state index contributed by atoms with van der Waals surface area (Å²) in [7, 11) is 0. The first kappa shape index (κ1) is 28.5. The standard InChI is InChI=1S/C29H29ClF3N5O4/c1-28(2)41-16-21(42-28)15-40-20-8-9-34-24(12-20)35-27(39)38-19-7-4-10-37(14-19)23-13-22(30)25(36-26(23)38)17-5-3-6-18(11-17)29(31,32)33/h3,5-6,8-9,11-13,19,21H,4,7,10,14-16H2,1-2H3,(H,34,35,39)/t19?,21-/m0/s1. The second-order valence-electron chi connectivity index (χ2n) is 10.9. The van der Waals surface area contributed by atoms with Gasteiger partial charge in [0, 0.05) is 30.9 Å². The van der Waals surface area contributed by atoms with E-state index in [-0.39, 0.29) is 40.9 Å². The molecule has 5 heterocycles. The molecule has 0 radical (unpaired) electrons. The fraction of sp³-hybridized carbons (Fsp3) is 0.414. The van der Waals surface area contributed by atoms with Crippen LogP contribution in [0.5, 0.6) is 5.75 Å². The number of fused-ring (bicyclic) bond motifs is 4. The summed E-state index contributed by atoms with van der Waals surface area (Å²) in [6.07, 6.45) is -1.63. The average Bonchev–Trinajstić information content (AvgIpc) is 3.30. The van der Waals surface area contributed by atoms with Gasteiger partial charge >= 0.3 is 12.2 Å². The van der Waals surface area contributed by atoms with E-state index in [0.29, 0.717) is 30.4 Å². The van der Waals surface area contributed by atoms with Crippen molar-refractivity contribution in [2.75, 3.05) is 41.4 Å². The topological polar surface area (TPSA) is 89.1 Å². The van der Waals surface area contributed by atoms with E-state index < -0.39 is 23.6 Å². The molecule has 1 unspecified atom stereocenters. The molecule has 0 saturated carbocycles. The van der Waals surface area contributed by atoms with Crippen molar-refractivity contribution >= 4 is 35.0 Å². The number of carbonyl (C=O) groups is 1. The number of halogens is 4. The Morgan fingerprint density at radius 1 is 1.24 bits per heavy atom. The summed E-state index contributed by atoms with van der Waals surface area (Å²) in [6, 6.07) is 9.12. The van der Waals surface area contributed by atoms with Gasteiger partial charge in [-0.1, -0.05) is 23.7 Å². The lowest BCUT2D eigenvalue weighted by Crippen LogP contribution is -2.56. The zero-order valence-electron chi connectivity index (χ0n) is 22.9. The van der Waals surface area contributed by atoms with Crippen molar-refractivity contribution in [1.29, 1.82) is 0 Å². The monoisotopic (exact) mass is 603 g/mol. The highest BCUT2D eigenvalue weighted by Gasteiger charge is 2.39. The number of nitrogens with zero attached hydrogens (tertiary/aromatic N) is 4. The maximum Gasteiger partial charge on any atom is 0.416 e. The molecule has 6 rings (SSSR count). The molecule has 2 bridgehead atoms. The Kier molecular flexibility index (Phi) is 7.40. The summed E-state index contributed by atoms with van der Waals surface area (Å²) in [5, 5.41) is 3.04. The van der Waals surface area contributed by atoms with Crippen molar-refractivity contribution in [1.82, 2.24) is 9.97 Å². The van der Waals surface area contributed by atoms with Gasteiger partial charge in [-0.3, -0.25) is 10.2 Å². The molecular weight excluding hydrogens is 575 g/mol. The van der Waals surface area contributed by atoms with E-state index in [2.05, 4.69) is 20.2 Å². The van der Waals surface area contributed by atoms with Crippen molar-refractivity contribution in [3.8, 4) is 17.0 Å². The highest BCUT2D eigenvalue weighted by Crippen LogP contribution is 2.43. The zero-order valence-corrected chi connectivity index (χ0v) is 23.7. The SMILES string of the molecule is CC1(C)OC[C@H](COc2ccnc(NC(=O)N3c4nc(-c5cccc(C(F)(F)F)c5)c(Cl)cc4N4CCCC3C4)c2)O1. The van der Waals surface area contributed by atoms with Crippen LogP contribution in [0.2, 0.25) is 5.02 Å². The fourth-order valence-corrected chi connectivity index (χ4v) is 5.77. The second-order valence-corrected chi connectivity index (χ2v) is 11.3. The molecule has 2 amide bonds. The van der Waals surface area contributed by atoms with E-state index in [0.717, 1.165) is 31.5 Å². The first-order valence-electron chi connectivity index (χ1n) is 13.6. The number of carbonyl (C=O) groups excluding carboxylic acids is 1. The first-order chi connectivity index (χ1) is 20.0. The van der Waals surface area contributed by atoms with Crippen LogP contribution in [0.15, 0.2) is 48.7 Å². The third-order valence-electron chi connectivity index (χ3n) is 7.42. The minimum atomic E-state index is -4.52. The predicted molar refractivity (Wildman–Crippen MR) is 151 cm³/mol. The van der Waals surface area contributed by atoms with Gasteiger partial charge in [-0.15, -0.1) is 0 Å². The van der Waals surface area contributed by atoms with Crippen LogP contribution in [0.4, 0.5) is 35.3 Å². The Labute approximate surface area is 245 Å². The molecule has 3 aromatic rings. The number of ether oxygens (including phenoxy) is 3. The van der Waals surface area contributed by atoms with Gasteiger partial charge in [0.05, 0.1) is 34.6 Å². The van der Waals surface area contributed by atoms with Crippen molar-refractivity contribution in [2.24, 2.45) is 0 Å². The number of pyridine rings is 2. The third kappa shape index (κ3) is 5.83. The number of amides is 2. The van der Waals surface area contributed by atoms with E-state index in [4.69, 9.17) is 25.8 Å². The number of urea groups is 1. The predicted octanol–water partition coefficient (Wildman–Crippen LogP) is 6.37. The highest BCUT2D eigenvalue weighted by molar-refractivity contribution is 6.33. The van der Waals surface area contributed by atoms with Gasteiger partial charge in [-0.25, -0.2) is 14.8 Å². The van der Waals surface area contributed by atoms with Crippen LogP contribution in [0.3, 0.4) is 0 Å². The number of benzene rings is 1. The van der Waals surface area contributed by atoms with E-state index in [1.165, 1.54) is 18.3 Å². The Hall–Kier alpha value is -3.61. The molecule has 42 heavy (non-hydrogen) atoms. The quantitative estimate of drug-likeness (QED) is 0.363. The summed E-state index contributed by atoms with van der Waals surface area (Å²) < 4.78 is 57.5. The van der Waals surface area contributed by atoms with Gasteiger partial charge in [0.15, 0.2) is 11.6 Å². The average molecular weight is 604 g/mol. The molecule has 3 aliphatic rings. The molecule has 222 valence electrons. The maximum absolute atomic E-state index is 13.8. The van der Waals surface area contributed by atoms with Gasteiger partial charge in [0.2, 0.25) is 0 Å². The maximum atomic E-state index is 13.8. The van der Waals surface area contributed by atoms with Gasteiger partial charge in [0.25, 0.3) is 0 Å². The summed E-state index contributed by atoms with van der Waals surface area (Å²) in [6.45, 7) is 5.69. The number of aromatic nitrogens is 2. The Morgan fingerprint density at radius 2 is 2.07 bits per heavy atom. The normalized spacial score (nSPS) is 21.2. The number of hydrogen-bond donors (Lipinski definition) is 1. The lowest BCUT2D eigenvalue weighted by Gasteiger charge is -2.46. The van der Waals surface area contributed by atoms with Gasteiger partial charge in [0.1, 0.15) is 24.3 Å². The van der Waals surface area contributed by atoms with Crippen LogP contribution in [-0.2, 0) is 15.7 Å². The largest absolute Gasteiger partial charge is 0.491 e. The molecule has 1 aromatic carbocycles. The molecule has 2 aromatic heterocycles. The minimum Gasteiger partial charge on any atom is -0.491 e. The molecule has 13 heteroatoms. The minimum absolute atomic E-state index is 0.162. The van der Waals surface area contributed by atoms with Crippen LogP contribution >= 0.6 is 11.6 Å². The van der Waals surface area contributed by atoms with E-state index >= 15 is 0 Å². The summed E-state index contributed by atoms with van der Waals surface area (Å²) in [4.78, 5) is 26.4. The Bertz CT molecular complexity index is 1500. The molecule has 2 saturated heterocycles. The number of alkyl halides is 3. The Balaban J connectivity index is 1.27. The van der Waals surface area contributed by atoms with Crippen LogP contribution < -0.4 is 19.9 Å². The molecule has 0 spiro atoms. The van der Waals surface area contributed by atoms with Crippen molar-refractivity contribution < 1.29 is 32.2 Å². The van der Waals surface area contributed by atoms with Crippen LogP contribution in [0, 0.1) is 0 Å². The molecule has 2 fully saturated rings. The summed E-state index contributed by atoms with van der Waals surface area (Å²) >= 11 is 6.58. The van der Waals surface area contributed by atoms with Crippen molar-refractivity contribution in [3.63, 3.8) is 0 Å². The smallest absolute Gasteiger partial charge is 0.416 e. The van der Waals surface area contributed by atoms with Gasteiger partial charge in [-0.05, 0) is 51.0 Å². The van der Waals surface area contributed by atoms with Crippen LogP contribution in [-0.4, -0.2) is 60.2 Å². The van der Waals surface area contributed by atoms with E-state index in [9.17, 15) is 18.0 Å². The van der Waals surface area contributed by atoms with Crippen molar-refractivity contribution in [3.05, 3.63) is 59.2 Å². The number of hydrogen-bond acceptors (Lipinski definition) is 7. The fourth-order valence-electron chi connectivity index (χ4n) is 5.52. The Morgan fingerprint density at radius 3 is 2.83 bits per heavy atom. The lowest BCUT2D eigenvalue weighted by molar-refractivity contribution is -0.141. The van der Waals surface area contributed by atoms with E-state index in [1.54, 1.807) is 23.1 Å². The molecule has 1 N–H and O–H groups in total. The van der Waals surface area contributed by atoms with Crippen LogP contribution in [0.25, 0.3) is 11.3 Å². The third-order valence-corrected chi connectivity index (χ3v) is 7.71. The summed E-state index contributed by atoms with van der Waals surface area (Å²) in [5.41, 5.74) is 0.203. The van der Waals surface area contributed by atoms with Gasteiger partial charge in [-0.2, -0.15) is 13.2 Å². The number of nitrogens with one attached hydrogen (secondary N) is 1. The van der Waals surface area contributed by atoms with Crippen LogP contribution in [0.1, 0.15) is 32.3 Å². The molecule has 0 aliphatic carbocycles. The second kappa shape index (κ2) is 10.9. The van der Waals surface area contributed by atoms with E-state index in [1.807, 2.05) is 13.8 Å². The van der Waals surface area contributed by atoms with Gasteiger partial charge < -0.3 is 19.1 Å². The highest BCUT2D eigenvalue weighted by atomic mass is 35.5. The number of piperidine rings is 1.